The predicted octanol–water partition coefficient (Wildman–Crippen LogP) is 3.28. The van der Waals surface area contributed by atoms with Gasteiger partial charge in [-0.15, -0.1) is 11.6 Å². The molecule has 1 aromatic heterocycles. The lowest BCUT2D eigenvalue weighted by atomic mass is 10.1. The number of hydrogen-bond donors (Lipinski definition) is 0. The lowest BCUT2D eigenvalue weighted by Gasteiger charge is -2.12. The quantitative estimate of drug-likeness (QED) is 0.803. The molecule has 0 radical (unpaired) electrons. The standard InChI is InChI=1S/C15H16ClNO2/c1-3-17-14(9-6-12(10-16)15(17)18)11-4-7-13(19-2)8-5-11/h4-9H,3,10H2,1-2H3. The number of alkyl halides is 1. The number of nitrogens with zero attached hydrogens (tertiary/aromatic N) is 1. The van der Waals surface area contributed by atoms with Crippen LogP contribution >= 0.6 is 11.6 Å². The lowest BCUT2D eigenvalue weighted by molar-refractivity contribution is 0.415. The van der Waals surface area contributed by atoms with Crippen molar-refractivity contribution < 1.29 is 4.74 Å². The van der Waals surface area contributed by atoms with Gasteiger partial charge in [0.1, 0.15) is 5.75 Å². The summed E-state index contributed by atoms with van der Waals surface area (Å²) >= 11 is 5.77. The second-order valence-corrected chi connectivity index (χ2v) is 4.42. The smallest absolute Gasteiger partial charge is 0.255 e. The summed E-state index contributed by atoms with van der Waals surface area (Å²) in [6.07, 6.45) is 0. The topological polar surface area (TPSA) is 31.2 Å². The molecule has 0 aliphatic heterocycles. The van der Waals surface area contributed by atoms with Crippen LogP contribution in [0.3, 0.4) is 0 Å². The van der Waals surface area contributed by atoms with Crippen molar-refractivity contribution >= 4 is 11.6 Å². The van der Waals surface area contributed by atoms with Crippen molar-refractivity contribution in [3.63, 3.8) is 0 Å². The first-order chi connectivity index (χ1) is 9.21. The normalized spacial score (nSPS) is 10.5. The molecule has 100 valence electrons. The van der Waals surface area contributed by atoms with Gasteiger partial charge in [0, 0.05) is 12.1 Å². The Morgan fingerprint density at radius 3 is 2.37 bits per heavy atom. The van der Waals surface area contributed by atoms with Crippen LogP contribution in [0.4, 0.5) is 0 Å². The highest BCUT2D eigenvalue weighted by molar-refractivity contribution is 6.17. The van der Waals surface area contributed by atoms with Crippen LogP contribution in [-0.4, -0.2) is 11.7 Å². The molecule has 0 amide bonds. The Morgan fingerprint density at radius 2 is 1.84 bits per heavy atom. The Bertz CT molecular complexity index is 617. The summed E-state index contributed by atoms with van der Waals surface area (Å²) in [7, 11) is 1.63. The molecule has 0 spiro atoms. The van der Waals surface area contributed by atoms with E-state index in [1.807, 2.05) is 37.3 Å². The highest BCUT2D eigenvalue weighted by Crippen LogP contribution is 2.22. The minimum absolute atomic E-state index is 0.0224. The maximum atomic E-state index is 12.2. The number of ether oxygens (including phenoxy) is 1. The highest BCUT2D eigenvalue weighted by atomic mass is 35.5. The summed E-state index contributed by atoms with van der Waals surface area (Å²) in [6, 6.07) is 11.4. The van der Waals surface area contributed by atoms with Gasteiger partial charge < -0.3 is 9.30 Å². The molecular weight excluding hydrogens is 262 g/mol. The highest BCUT2D eigenvalue weighted by Gasteiger charge is 2.08. The van der Waals surface area contributed by atoms with Crippen LogP contribution in [0.2, 0.25) is 0 Å². The Labute approximate surface area is 117 Å². The number of rotatable bonds is 4. The van der Waals surface area contributed by atoms with E-state index in [2.05, 4.69) is 0 Å². The van der Waals surface area contributed by atoms with Crippen molar-refractivity contribution in [3.8, 4) is 17.0 Å². The van der Waals surface area contributed by atoms with Crippen LogP contribution in [-0.2, 0) is 12.4 Å². The van der Waals surface area contributed by atoms with Gasteiger partial charge in [-0.25, -0.2) is 0 Å². The average Bonchev–Trinajstić information content (AvgIpc) is 2.47. The van der Waals surface area contributed by atoms with E-state index in [0.717, 1.165) is 17.0 Å². The zero-order valence-corrected chi connectivity index (χ0v) is 11.8. The van der Waals surface area contributed by atoms with Crippen LogP contribution < -0.4 is 10.3 Å². The molecule has 0 bridgehead atoms. The van der Waals surface area contributed by atoms with Gasteiger partial charge in [-0.3, -0.25) is 4.79 Å². The number of methoxy groups -OCH3 is 1. The summed E-state index contributed by atoms with van der Waals surface area (Å²) in [5, 5.41) is 0. The molecule has 0 N–H and O–H groups in total. The Balaban J connectivity index is 2.55. The second kappa shape index (κ2) is 5.93. The third kappa shape index (κ3) is 2.66. The fourth-order valence-corrected chi connectivity index (χ4v) is 2.26. The number of aromatic nitrogens is 1. The minimum Gasteiger partial charge on any atom is -0.497 e. The summed E-state index contributed by atoms with van der Waals surface area (Å²) in [6.45, 7) is 2.57. The lowest BCUT2D eigenvalue weighted by Crippen LogP contribution is -2.23. The van der Waals surface area contributed by atoms with E-state index >= 15 is 0 Å². The molecule has 1 heterocycles. The number of pyridine rings is 1. The molecule has 0 unspecified atom stereocenters. The van der Waals surface area contributed by atoms with Gasteiger partial charge in [-0.05, 0) is 42.8 Å². The predicted molar refractivity (Wildman–Crippen MR) is 77.9 cm³/mol. The zero-order valence-electron chi connectivity index (χ0n) is 11.0. The largest absolute Gasteiger partial charge is 0.497 e. The molecule has 0 saturated heterocycles. The monoisotopic (exact) mass is 277 g/mol. The number of hydrogen-bond acceptors (Lipinski definition) is 2. The molecule has 0 aliphatic carbocycles. The van der Waals surface area contributed by atoms with Gasteiger partial charge in [0.2, 0.25) is 0 Å². The van der Waals surface area contributed by atoms with Gasteiger partial charge in [0.25, 0.3) is 5.56 Å². The molecule has 0 atom stereocenters. The van der Waals surface area contributed by atoms with Crippen LogP contribution in [0.5, 0.6) is 5.75 Å². The first kappa shape index (κ1) is 13.7. The van der Waals surface area contributed by atoms with Gasteiger partial charge in [0.05, 0.1) is 18.7 Å². The molecule has 0 fully saturated rings. The van der Waals surface area contributed by atoms with Crippen LogP contribution in [0.1, 0.15) is 12.5 Å². The molecule has 19 heavy (non-hydrogen) atoms. The van der Waals surface area contributed by atoms with E-state index in [1.165, 1.54) is 0 Å². The van der Waals surface area contributed by atoms with Gasteiger partial charge in [-0.1, -0.05) is 6.07 Å². The summed E-state index contributed by atoms with van der Waals surface area (Å²) in [5.74, 6) is 1.04. The van der Waals surface area contributed by atoms with Crippen LogP contribution in [0.15, 0.2) is 41.2 Å². The molecule has 1 aromatic carbocycles. The van der Waals surface area contributed by atoms with E-state index in [4.69, 9.17) is 16.3 Å². The maximum absolute atomic E-state index is 12.2. The van der Waals surface area contributed by atoms with Crippen molar-refractivity contribution in [3.05, 3.63) is 52.3 Å². The van der Waals surface area contributed by atoms with Crippen LogP contribution in [0.25, 0.3) is 11.3 Å². The van der Waals surface area contributed by atoms with Crippen molar-refractivity contribution in [2.45, 2.75) is 19.3 Å². The maximum Gasteiger partial charge on any atom is 0.255 e. The Hall–Kier alpha value is -1.74. The van der Waals surface area contributed by atoms with Crippen LogP contribution in [0, 0.1) is 0 Å². The summed E-state index contributed by atoms with van der Waals surface area (Å²) < 4.78 is 6.87. The molecule has 2 rings (SSSR count). The Morgan fingerprint density at radius 1 is 1.16 bits per heavy atom. The van der Waals surface area contributed by atoms with E-state index in [9.17, 15) is 4.79 Å². The van der Waals surface area contributed by atoms with E-state index < -0.39 is 0 Å². The molecular formula is C15H16ClNO2. The molecule has 2 aromatic rings. The Kier molecular flexibility index (Phi) is 4.27. The number of benzene rings is 1. The zero-order chi connectivity index (χ0) is 13.8. The van der Waals surface area contributed by atoms with Gasteiger partial charge >= 0.3 is 0 Å². The minimum atomic E-state index is -0.0224. The fourth-order valence-electron chi connectivity index (χ4n) is 2.05. The van der Waals surface area contributed by atoms with Gasteiger partial charge in [-0.2, -0.15) is 0 Å². The first-order valence-electron chi connectivity index (χ1n) is 6.14. The fraction of sp³-hybridized carbons (Fsp3) is 0.267. The third-order valence-electron chi connectivity index (χ3n) is 3.10. The molecule has 0 aliphatic rings. The SMILES string of the molecule is CCn1c(-c2ccc(OC)cc2)ccc(CCl)c1=O. The third-order valence-corrected chi connectivity index (χ3v) is 3.39. The molecule has 4 heteroatoms. The van der Waals surface area contributed by atoms with Crippen molar-refractivity contribution in [1.29, 1.82) is 0 Å². The first-order valence-corrected chi connectivity index (χ1v) is 6.67. The average molecular weight is 278 g/mol. The van der Waals surface area contributed by atoms with Crippen molar-refractivity contribution in [1.82, 2.24) is 4.57 Å². The molecule has 0 saturated carbocycles. The van der Waals surface area contributed by atoms with E-state index in [-0.39, 0.29) is 11.4 Å². The second-order valence-electron chi connectivity index (χ2n) is 4.16. The van der Waals surface area contributed by atoms with E-state index in [1.54, 1.807) is 17.7 Å². The molecule has 3 nitrogen and oxygen atoms in total. The van der Waals surface area contributed by atoms with Crippen molar-refractivity contribution in [2.24, 2.45) is 0 Å². The van der Waals surface area contributed by atoms with Gasteiger partial charge in [0.15, 0.2) is 0 Å². The summed E-state index contributed by atoms with van der Waals surface area (Å²) in [4.78, 5) is 12.2. The van der Waals surface area contributed by atoms with Crippen molar-refractivity contribution in [2.75, 3.05) is 7.11 Å². The van der Waals surface area contributed by atoms with E-state index in [0.29, 0.717) is 12.1 Å². The number of halogens is 1. The summed E-state index contributed by atoms with van der Waals surface area (Å²) in [5.41, 5.74) is 2.48.